The van der Waals surface area contributed by atoms with Gasteiger partial charge in [0.2, 0.25) is 0 Å². The molecule has 2 aliphatic heterocycles. The number of thiazole rings is 1. The van der Waals surface area contributed by atoms with Crippen LogP contribution in [-0.2, 0) is 19.2 Å². The Morgan fingerprint density at radius 1 is 1.41 bits per heavy atom. The van der Waals surface area contributed by atoms with E-state index in [1.54, 1.807) is 17.8 Å². The lowest BCUT2D eigenvalue weighted by atomic mass is 10.0. The number of carboxylic acid groups (broad SMARTS) is 1. The van der Waals surface area contributed by atoms with Gasteiger partial charge in [-0.25, -0.2) is 9.78 Å². The second-order valence-electron chi connectivity index (χ2n) is 8.68. The lowest BCUT2D eigenvalue weighted by molar-refractivity contribution is -0.150. The fourth-order valence-corrected chi connectivity index (χ4v) is 6.98. The van der Waals surface area contributed by atoms with E-state index in [9.17, 15) is 19.5 Å². The van der Waals surface area contributed by atoms with E-state index in [0.29, 0.717) is 17.1 Å². The van der Waals surface area contributed by atoms with Gasteiger partial charge in [0, 0.05) is 29.3 Å². The van der Waals surface area contributed by atoms with Gasteiger partial charge >= 0.3 is 5.97 Å². The molecule has 202 valence electrons. The molecule has 1 fully saturated rings. The minimum atomic E-state index is -1.18. The second kappa shape index (κ2) is 12.1. The highest BCUT2D eigenvalue weighted by molar-refractivity contribution is 8.02. The first kappa shape index (κ1) is 27.0. The summed E-state index contributed by atoms with van der Waals surface area (Å²) < 4.78 is 0. The Bertz CT molecular complexity index is 1390. The number of nitrogens with zero attached hydrogens (tertiary/aromatic N) is 4. The van der Waals surface area contributed by atoms with Crippen LogP contribution in [0.15, 0.2) is 63.9 Å². The number of nitrogens with two attached hydrogens (primary N) is 1. The van der Waals surface area contributed by atoms with E-state index in [1.807, 2.05) is 35.8 Å². The van der Waals surface area contributed by atoms with Crippen LogP contribution >= 0.6 is 34.9 Å². The fourth-order valence-electron chi connectivity index (χ4n) is 4.17. The van der Waals surface area contributed by atoms with Crippen LogP contribution in [0.2, 0.25) is 0 Å². The average molecular weight is 585 g/mol. The molecule has 0 spiro atoms. The number of aromatic nitrogens is 2. The topological polar surface area (TPSA) is 160 Å². The van der Waals surface area contributed by atoms with Gasteiger partial charge in [0.05, 0.1) is 0 Å². The van der Waals surface area contributed by atoms with Crippen molar-refractivity contribution in [2.75, 3.05) is 17.2 Å². The Morgan fingerprint density at radius 3 is 2.97 bits per heavy atom. The molecule has 3 aliphatic rings. The first-order valence-corrected chi connectivity index (χ1v) is 14.9. The van der Waals surface area contributed by atoms with Crippen LogP contribution in [0.5, 0.6) is 0 Å². The Kier molecular flexibility index (Phi) is 8.33. The maximum absolute atomic E-state index is 13.2. The summed E-state index contributed by atoms with van der Waals surface area (Å²) >= 11 is 3.99. The molecule has 5 rings (SSSR count). The van der Waals surface area contributed by atoms with Gasteiger partial charge in [-0.3, -0.25) is 19.5 Å². The Balaban J connectivity index is 1.27. The van der Waals surface area contributed by atoms with E-state index in [-0.39, 0.29) is 28.3 Å². The standard InChI is InChI=1S/C25H24N6O5S3/c26-25-28-17(13-39-25)18(30-36-16-5-1-2-6-16)21(32)29-19-22(33)31-20(24(34)35)15(12-38-23(19)31)11-37-9-7-14-4-3-8-27-10-14/h1,3-5,7-10,13,16,19,23H,2,6,11-12H2,(H2,26,28)(H,29,32)(H,34,35)/b9-7-,30-18?/t16?,19?,23-/m0/s1. The van der Waals surface area contributed by atoms with Gasteiger partial charge in [0.25, 0.3) is 11.8 Å². The quantitative estimate of drug-likeness (QED) is 0.164. The summed E-state index contributed by atoms with van der Waals surface area (Å²) in [6, 6.07) is 2.83. The number of thioether (sulfide) groups is 2. The fraction of sp³-hybridized carbons (Fsp3) is 0.280. The minimum absolute atomic E-state index is 0.0333. The number of anilines is 1. The maximum atomic E-state index is 13.2. The SMILES string of the molecule is Nc1nc(C(=NOC2C=CCC2)C(=O)NC2C(=O)N3C(C(=O)O)=C(CS/C=C\c4cccnc4)CS[C@@H]23)cs1. The van der Waals surface area contributed by atoms with Crippen LogP contribution in [0.4, 0.5) is 5.13 Å². The van der Waals surface area contributed by atoms with Gasteiger partial charge in [0.15, 0.2) is 10.8 Å². The summed E-state index contributed by atoms with van der Waals surface area (Å²) in [6.45, 7) is 0. The highest BCUT2D eigenvalue weighted by Crippen LogP contribution is 2.41. The lowest BCUT2D eigenvalue weighted by Crippen LogP contribution is -2.71. The van der Waals surface area contributed by atoms with Crippen molar-refractivity contribution in [1.82, 2.24) is 20.2 Å². The zero-order chi connectivity index (χ0) is 27.4. The molecule has 1 saturated heterocycles. The van der Waals surface area contributed by atoms with Crippen LogP contribution in [-0.4, -0.2) is 72.5 Å². The molecule has 0 bridgehead atoms. The number of carbonyl (C=O) groups is 3. The van der Waals surface area contributed by atoms with E-state index < -0.39 is 29.2 Å². The summed E-state index contributed by atoms with van der Waals surface area (Å²) in [7, 11) is 0. The number of carboxylic acids is 1. The van der Waals surface area contributed by atoms with Crippen LogP contribution in [0, 0.1) is 0 Å². The summed E-state index contributed by atoms with van der Waals surface area (Å²) in [5.41, 5.74) is 7.43. The van der Waals surface area contributed by atoms with E-state index in [1.165, 1.54) is 28.4 Å². The van der Waals surface area contributed by atoms with Gasteiger partial charge in [0.1, 0.15) is 28.9 Å². The number of oxime groups is 1. The third kappa shape index (κ3) is 6.02. The molecule has 0 aromatic carbocycles. The van der Waals surface area contributed by atoms with Crippen molar-refractivity contribution in [3.63, 3.8) is 0 Å². The smallest absolute Gasteiger partial charge is 0.352 e. The summed E-state index contributed by atoms with van der Waals surface area (Å²) in [5.74, 6) is -1.50. The molecule has 2 aromatic rings. The monoisotopic (exact) mass is 584 g/mol. The molecule has 2 unspecified atom stereocenters. The molecular weight excluding hydrogens is 561 g/mol. The molecule has 39 heavy (non-hydrogen) atoms. The highest BCUT2D eigenvalue weighted by atomic mass is 32.2. The average Bonchev–Trinajstić information content (AvgIpc) is 3.62. The molecule has 0 saturated carbocycles. The normalized spacial score (nSPS) is 22.7. The first-order valence-electron chi connectivity index (χ1n) is 11.9. The minimum Gasteiger partial charge on any atom is -0.477 e. The summed E-state index contributed by atoms with van der Waals surface area (Å²) in [6.07, 6.45) is 10.5. The highest BCUT2D eigenvalue weighted by Gasteiger charge is 2.54. The van der Waals surface area contributed by atoms with E-state index in [2.05, 4.69) is 20.4 Å². The van der Waals surface area contributed by atoms with Gasteiger partial charge in [-0.05, 0) is 47.6 Å². The molecule has 2 aromatic heterocycles. The Hall–Kier alpha value is -3.62. The molecule has 1 aliphatic carbocycles. The number of β-lactam (4-membered cyclic amide) rings is 1. The summed E-state index contributed by atoms with van der Waals surface area (Å²) in [4.78, 5) is 53.4. The zero-order valence-corrected chi connectivity index (χ0v) is 22.9. The van der Waals surface area contributed by atoms with Gasteiger partial charge in [-0.2, -0.15) is 0 Å². The van der Waals surface area contributed by atoms with Gasteiger partial charge in [-0.15, -0.1) is 34.9 Å². The van der Waals surface area contributed by atoms with Crippen molar-refractivity contribution in [3.8, 4) is 0 Å². The lowest BCUT2D eigenvalue weighted by Gasteiger charge is -2.49. The third-order valence-electron chi connectivity index (χ3n) is 6.06. The number of allylic oxidation sites excluding steroid dienone is 1. The van der Waals surface area contributed by atoms with Gasteiger partial charge in [-0.1, -0.05) is 17.3 Å². The second-order valence-corrected chi connectivity index (χ2v) is 11.6. The number of hydrogen-bond acceptors (Lipinski definition) is 11. The number of pyridine rings is 1. The van der Waals surface area contributed by atoms with Crippen molar-refractivity contribution >= 4 is 69.6 Å². The Labute approximate surface area is 236 Å². The maximum Gasteiger partial charge on any atom is 0.352 e. The predicted molar refractivity (Wildman–Crippen MR) is 152 cm³/mol. The summed E-state index contributed by atoms with van der Waals surface area (Å²) in [5, 5.41) is 19.8. The number of carbonyl (C=O) groups excluding carboxylic acids is 2. The van der Waals surface area contributed by atoms with Crippen molar-refractivity contribution in [1.29, 1.82) is 0 Å². The van der Waals surface area contributed by atoms with E-state index in [0.717, 1.165) is 29.7 Å². The molecule has 4 heterocycles. The number of rotatable bonds is 10. The molecule has 11 nitrogen and oxygen atoms in total. The Morgan fingerprint density at radius 2 is 2.28 bits per heavy atom. The van der Waals surface area contributed by atoms with Crippen LogP contribution < -0.4 is 11.1 Å². The third-order valence-corrected chi connectivity index (χ3v) is 8.92. The number of hydrogen-bond donors (Lipinski definition) is 3. The number of aliphatic carboxylic acids is 1. The van der Waals surface area contributed by atoms with Crippen LogP contribution in [0.1, 0.15) is 24.1 Å². The van der Waals surface area contributed by atoms with E-state index in [4.69, 9.17) is 10.6 Å². The molecule has 2 amide bonds. The first-order chi connectivity index (χ1) is 18.9. The molecule has 14 heteroatoms. The number of nitrogen functional groups attached to an aromatic ring is 1. The van der Waals surface area contributed by atoms with Crippen molar-refractivity contribution in [3.05, 3.63) is 70.0 Å². The van der Waals surface area contributed by atoms with E-state index >= 15 is 0 Å². The molecule has 4 N–H and O–H groups in total. The number of nitrogens with one attached hydrogen (secondary N) is 1. The van der Waals surface area contributed by atoms with Gasteiger partial charge < -0.3 is 21.0 Å². The number of amides is 2. The molecule has 0 radical (unpaired) electrons. The van der Waals surface area contributed by atoms with Crippen molar-refractivity contribution in [2.24, 2.45) is 5.16 Å². The predicted octanol–water partition coefficient (Wildman–Crippen LogP) is 2.70. The number of fused-ring (bicyclic) bond motifs is 1. The van der Waals surface area contributed by atoms with Crippen molar-refractivity contribution in [2.45, 2.75) is 30.4 Å². The van der Waals surface area contributed by atoms with Crippen LogP contribution in [0.25, 0.3) is 6.08 Å². The van der Waals surface area contributed by atoms with Crippen molar-refractivity contribution < 1.29 is 24.3 Å². The zero-order valence-electron chi connectivity index (χ0n) is 20.4. The largest absolute Gasteiger partial charge is 0.477 e. The molecule has 3 atom stereocenters. The van der Waals surface area contributed by atoms with Crippen LogP contribution in [0.3, 0.4) is 0 Å². The molecular formula is C25H24N6O5S3.